The molecule has 0 radical (unpaired) electrons. The van der Waals surface area contributed by atoms with E-state index in [1.807, 2.05) is 0 Å². The summed E-state index contributed by atoms with van der Waals surface area (Å²) in [6, 6.07) is 2.19. The number of halogens is 6. The summed E-state index contributed by atoms with van der Waals surface area (Å²) in [5.74, 6) is -1.39. The second-order valence-corrected chi connectivity index (χ2v) is 13.5. The van der Waals surface area contributed by atoms with Gasteiger partial charge >= 0.3 is 17.2 Å². The maximum absolute atomic E-state index is 12.5. The molecular formula is C19H6Br5IN2O9S. The van der Waals surface area contributed by atoms with Gasteiger partial charge in [-0.15, -0.1) is 0 Å². The van der Waals surface area contributed by atoms with E-state index in [1.54, 1.807) is 22.6 Å². The molecule has 194 valence electrons. The summed E-state index contributed by atoms with van der Waals surface area (Å²) in [4.78, 5) is 30.9. The fourth-order valence-corrected chi connectivity index (χ4v) is 8.27. The van der Waals surface area contributed by atoms with Gasteiger partial charge < -0.3 is 9.66 Å². The fraction of sp³-hybridized carbons (Fsp3) is 0. The van der Waals surface area contributed by atoms with E-state index in [4.69, 9.17) is 0 Å². The van der Waals surface area contributed by atoms with Crippen molar-refractivity contribution in [3.05, 3.63) is 92.9 Å². The summed E-state index contributed by atoms with van der Waals surface area (Å²) in [7, 11) is -5.26. The lowest BCUT2D eigenvalue weighted by Crippen LogP contribution is -2.16. The molecular weight excluding hydrogens is 959 g/mol. The molecule has 0 amide bonds. The molecule has 1 aliphatic carbocycles. The molecule has 11 nitrogen and oxygen atoms in total. The highest BCUT2D eigenvalue weighted by Crippen LogP contribution is 2.50. The maximum atomic E-state index is 12.5. The van der Waals surface area contributed by atoms with Gasteiger partial charge in [0.05, 0.1) is 22.8 Å². The van der Waals surface area contributed by atoms with E-state index in [2.05, 4.69) is 79.6 Å². The maximum Gasteiger partial charge on any atom is 0.430 e. The third kappa shape index (κ3) is 5.80. The van der Waals surface area contributed by atoms with Crippen LogP contribution in [-0.4, -0.2) is 38.5 Å². The van der Waals surface area contributed by atoms with Crippen LogP contribution in [0.5, 0.6) is 5.75 Å². The highest BCUT2D eigenvalue weighted by Gasteiger charge is 2.37. The summed E-state index contributed by atoms with van der Waals surface area (Å²) < 4.78 is 37.5. The van der Waals surface area contributed by atoms with E-state index >= 15 is 0 Å². The van der Waals surface area contributed by atoms with Crippen LogP contribution in [0.15, 0.2) is 62.8 Å². The standard InChI is InChI=1S/C19H6Br5IN2O9S/c20-7-1-5(3-9(17(7)28)26(30)31)11(6-2-8(25)18(29)10(4-6)27(32)33)12-13(21)14(22)15(23)16(24)19(12)37(34,35)36/h1-4,29H,(H,34,35,36)/b11-5+. The first-order valence-electron chi connectivity index (χ1n) is 9.02. The Morgan fingerprint density at radius 2 is 1.51 bits per heavy atom. The third-order valence-corrected chi connectivity index (χ3v) is 12.1. The topological polar surface area (TPSA) is 185 Å². The van der Waals surface area contributed by atoms with Gasteiger partial charge in [-0.3, -0.25) is 25.0 Å². The number of aromatic hydroxyl groups is 1. The van der Waals surface area contributed by atoms with E-state index in [1.165, 1.54) is 12.1 Å². The molecule has 0 unspecified atom stereocenters. The number of ketones is 1. The van der Waals surface area contributed by atoms with Crippen molar-refractivity contribution in [2.24, 2.45) is 0 Å². The van der Waals surface area contributed by atoms with Crippen molar-refractivity contribution in [3.8, 4) is 5.75 Å². The van der Waals surface area contributed by atoms with Crippen molar-refractivity contribution in [2.45, 2.75) is 4.90 Å². The molecule has 1 aliphatic rings. The lowest BCUT2D eigenvalue weighted by Gasteiger charge is -2.23. The Hall–Kier alpha value is -1.03. The first-order valence-corrected chi connectivity index (χ1v) is 15.5. The minimum atomic E-state index is -5.26. The summed E-state index contributed by atoms with van der Waals surface area (Å²) in [6.07, 6.45) is 2.12. The predicted octanol–water partition coefficient (Wildman–Crippen LogP) is 6.66. The van der Waals surface area contributed by atoms with Crippen molar-refractivity contribution >= 4 is 129 Å². The van der Waals surface area contributed by atoms with E-state index in [0.29, 0.717) is 0 Å². The average Bonchev–Trinajstić information content (AvgIpc) is 2.78. The van der Waals surface area contributed by atoms with Crippen molar-refractivity contribution in [1.29, 1.82) is 0 Å². The van der Waals surface area contributed by atoms with Gasteiger partial charge in [-0.1, -0.05) is 0 Å². The van der Waals surface area contributed by atoms with E-state index in [0.717, 1.165) is 12.1 Å². The number of hydrogen-bond acceptors (Lipinski definition) is 8. The van der Waals surface area contributed by atoms with Crippen LogP contribution < -0.4 is 0 Å². The molecule has 3 rings (SSSR count). The molecule has 0 saturated heterocycles. The third-order valence-electron chi connectivity index (χ3n) is 4.78. The smallest absolute Gasteiger partial charge is 0.430 e. The highest BCUT2D eigenvalue weighted by molar-refractivity contribution is 14.1. The Kier molecular flexibility index (Phi) is 9.25. The molecule has 37 heavy (non-hydrogen) atoms. The lowest BCUT2D eigenvalue weighted by atomic mass is 9.90. The number of nitrogens with zero attached hydrogens (tertiary/aromatic N) is 2. The molecule has 2 N–H and O–H groups in total. The number of phenols is 1. The Morgan fingerprint density at radius 1 is 0.946 bits per heavy atom. The minimum absolute atomic E-state index is 0.00425. The number of rotatable bonds is 5. The molecule has 0 aliphatic heterocycles. The molecule has 2 aromatic carbocycles. The first kappa shape index (κ1) is 30.5. The highest BCUT2D eigenvalue weighted by atomic mass is 127. The molecule has 0 aromatic heterocycles. The van der Waals surface area contributed by atoms with Crippen molar-refractivity contribution in [3.63, 3.8) is 0 Å². The zero-order valence-electron chi connectivity index (χ0n) is 17.1. The molecule has 0 saturated carbocycles. The van der Waals surface area contributed by atoms with Crippen LogP contribution in [0.1, 0.15) is 11.1 Å². The van der Waals surface area contributed by atoms with Crippen LogP contribution in [0.2, 0.25) is 0 Å². The van der Waals surface area contributed by atoms with Crippen LogP contribution in [0.3, 0.4) is 0 Å². The molecule has 2 aromatic rings. The summed E-state index contributed by atoms with van der Waals surface area (Å²) in [5, 5.41) is 33.5. The monoisotopic (exact) mass is 959 g/mol. The number of hydrogen-bond donors (Lipinski definition) is 1. The predicted molar refractivity (Wildman–Crippen MR) is 158 cm³/mol. The molecule has 0 fully saturated rings. The molecule has 0 atom stereocenters. The average molecular weight is 965 g/mol. The Bertz CT molecular complexity index is 1650. The zero-order chi connectivity index (χ0) is 28.1. The van der Waals surface area contributed by atoms with Crippen LogP contribution in [0, 0.1) is 23.8 Å². The van der Waals surface area contributed by atoms with Gasteiger partial charge in [-0.25, -0.2) is 8.42 Å². The largest absolute Gasteiger partial charge is 0.744 e. The Balaban J connectivity index is 2.72. The van der Waals surface area contributed by atoms with Gasteiger partial charge in [0.2, 0.25) is 5.75 Å². The molecule has 0 heterocycles. The molecule has 0 bridgehead atoms. The van der Waals surface area contributed by atoms with Gasteiger partial charge in [0.1, 0.15) is 14.6 Å². The second kappa shape index (κ2) is 11.2. The summed E-state index contributed by atoms with van der Waals surface area (Å²) in [5.41, 5.74) is -2.18. The number of allylic oxidation sites excluding steroid dienone is 4. The number of phenolic OH excluding ortho intramolecular Hbond substituents is 1. The fourth-order valence-electron chi connectivity index (χ4n) is 3.26. The lowest BCUT2D eigenvalue weighted by molar-refractivity contribution is -0.415. The van der Waals surface area contributed by atoms with Gasteiger partial charge in [0.25, 0.3) is 0 Å². The number of nitro groups is 2. The quantitative estimate of drug-likeness (QED) is 0.0656. The number of benzene rings is 2. The van der Waals surface area contributed by atoms with Crippen molar-refractivity contribution < 1.29 is 32.7 Å². The van der Waals surface area contributed by atoms with Crippen LogP contribution in [-0.2, 0) is 10.1 Å². The van der Waals surface area contributed by atoms with Gasteiger partial charge in [-0.05, 0) is 131 Å². The van der Waals surface area contributed by atoms with Gasteiger partial charge in [-0.2, -0.15) is 0 Å². The van der Waals surface area contributed by atoms with E-state index in [9.17, 15) is 43.1 Å². The van der Waals surface area contributed by atoms with E-state index < -0.39 is 47.8 Å². The van der Waals surface area contributed by atoms with Crippen LogP contribution in [0.25, 0.3) is 5.57 Å². The van der Waals surface area contributed by atoms with Gasteiger partial charge in [0, 0.05) is 31.1 Å². The summed E-state index contributed by atoms with van der Waals surface area (Å²) >= 11 is 17.5. The van der Waals surface area contributed by atoms with Crippen LogP contribution in [0.4, 0.5) is 5.69 Å². The van der Waals surface area contributed by atoms with Crippen molar-refractivity contribution in [2.75, 3.05) is 0 Å². The normalized spacial score (nSPS) is 15.3. The Morgan fingerprint density at radius 3 is 2.03 bits per heavy atom. The second-order valence-electron chi connectivity index (χ2n) is 6.96. The first-order chi connectivity index (χ1) is 17.0. The van der Waals surface area contributed by atoms with Gasteiger partial charge in [0.15, 0.2) is 0 Å². The number of nitro benzene ring substituents is 1. The SMILES string of the molecule is O=[N+]([O-])C1=C/C(=C(\c2cc(I)c(O)c([N+](=O)[O-])c2)c2c(Br)c(Br)c(Br)c(Br)c2S(=O)(=O)[O-])C=C(Br)C1=[OH+]. The molecule has 0 spiro atoms. The van der Waals surface area contributed by atoms with Crippen molar-refractivity contribution in [1.82, 2.24) is 0 Å². The number of carbonyl (C=O) groups excluding carboxylic acids is 1. The molecule has 18 heteroatoms. The minimum Gasteiger partial charge on any atom is -0.744 e. The zero-order valence-corrected chi connectivity index (χ0v) is 28.0. The Labute approximate surface area is 262 Å². The summed E-state index contributed by atoms with van der Waals surface area (Å²) in [6.45, 7) is 0. The van der Waals surface area contributed by atoms with Crippen LogP contribution >= 0.6 is 102 Å². The van der Waals surface area contributed by atoms with E-state index in [-0.39, 0.29) is 48.2 Å².